The van der Waals surface area contributed by atoms with Crippen molar-refractivity contribution in [2.75, 3.05) is 19.0 Å². The fraction of sp³-hybridized carbons (Fsp3) is 0.583. The molecule has 0 radical (unpaired) electrons. The second kappa shape index (κ2) is 4.09. The van der Waals surface area contributed by atoms with E-state index in [0.717, 1.165) is 23.6 Å². The smallest absolute Gasteiger partial charge is 0.146 e. The molecule has 2 rings (SSSR count). The monoisotopic (exact) mass is 206 g/mol. The van der Waals surface area contributed by atoms with E-state index >= 15 is 0 Å². The van der Waals surface area contributed by atoms with Gasteiger partial charge in [0, 0.05) is 25.9 Å². The predicted molar refractivity (Wildman–Crippen MR) is 61.6 cm³/mol. The van der Waals surface area contributed by atoms with Crippen LogP contribution in [0.3, 0.4) is 0 Å². The molecule has 0 unspecified atom stereocenters. The van der Waals surface area contributed by atoms with Crippen molar-refractivity contribution >= 4 is 5.69 Å². The fourth-order valence-electron chi connectivity index (χ4n) is 1.46. The first-order valence-electron chi connectivity index (χ1n) is 5.53. The summed E-state index contributed by atoms with van der Waals surface area (Å²) in [6.45, 7) is 2.11. The van der Waals surface area contributed by atoms with Gasteiger partial charge in [-0.05, 0) is 19.3 Å². The Balaban J connectivity index is 2.26. The van der Waals surface area contributed by atoms with Gasteiger partial charge in [-0.25, -0.2) is 0 Å². The molecule has 1 saturated carbocycles. The molecule has 0 bridgehead atoms. The van der Waals surface area contributed by atoms with Gasteiger partial charge in [-0.2, -0.15) is 0 Å². The summed E-state index contributed by atoms with van der Waals surface area (Å²) in [5.74, 6) is 0.981. The summed E-state index contributed by atoms with van der Waals surface area (Å²) in [6.07, 6.45) is 5.68. The number of hydrogen-bond donors (Lipinski definition) is 0. The van der Waals surface area contributed by atoms with Gasteiger partial charge in [0.15, 0.2) is 0 Å². The van der Waals surface area contributed by atoms with E-state index in [4.69, 9.17) is 4.74 Å². The lowest BCUT2D eigenvalue weighted by molar-refractivity contribution is 0.303. The first kappa shape index (κ1) is 10.3. The Morgan fingerprint density at radius 2 is 2.20 bits per heavy atom. The van der Waals surface area contributed by atoms with Gasteiger partial charge in [0.25, 0.3) is 0 Å². The minimum Gasteiger partial charge on any atom is -0.488 e. The Labute approximate surface area is 91.1 Å². The number of rotatable bonds is 4. The van der Waals surface area contributed by atoms with Crippen LogP contribution in [-0.2, 0) is 6.42 Å². The van der Waals surface area contributed by atoms with Crippen molar-refractivity contribution in [2.24, 2.45) is 0 Å². The summed E-state index contributed by atoms with van der Waals surface area (Å²) in [5.41, 5.74) is 2.16. The molecule has 1 aliphatic carbocycles. The number of anilines is 1. The summed E-state index contributed by atoms with van der Waals surface area (Å²) in [4.78, 5) is 6.43. The molecule has 3 nitrogen and oxygen atoms in total. The predicted octanol–water partition coefficient (Wildman–Crippen LogP) is 2.25. The Kier molecular flexibility index (Phi) is 2.80. The summed E-state index contributed by atoms with van der Waals surface area (Å²) >= 11 is 0. The standard InChI is InChI=1S/C12H18N2O/c1-4-9-7-12(15-10-5-6-10)11(8-13-9)14(2)3/h7-8,10H,4-6H2,1-3H3. The molecule has 1 aromatic heterocycles. The number of ether oxygens (including phenoxy) is 1. The van der Waals surface area contributed by atoms with Crippen molar-refractivity contribution in [1.82, 2.24) is 4.98 Å². The number of hydrogen-bond acceptors (Lipinski definition) is 3. The van der Waals surface area contributed by atoms with Crippen LogP contribution in [0.1, 0.15) is 25.5 Å². The van der Waals surface area contributed by atoms with Crippen LogP contribution in [0.4, 0.5) is 5.69 Å². The molecule has 0 spiro atoms. The highest BCUT2D eigenvalue weighted by Crippen LogP contribution is 2.33. The molecule has 0 amide bonds. The van der Waals surface area contributed by atoms with E-state index in [0.29, 0.717) is 6.10 Å². The first-order chi connectivity index (χ1) is 7.20. The van der Waals surface area contributed by atoms with Gasteiger partial charge in [0.05, 0.1) is 18.0 Å². The van der Waals surface area contributed by atoms with Crippen molar-refractivity contribution in [1.29, 1.82) is 0 Å². The summed E-state index contributed by atoms with van der Waals surface area (Å²) in [7, 11) is 4.03. The third-order valence-corrected chi connectivity index (χ3v) is 2.56. The van der Waals surface area contributed by atoms with Gasteiger partial charge < -0.3 is 9.64 Å². The molecule has 0 aromatic carbocycles. The minimum absolute atomic E-state index is 0.441. The molecule has 1 aromatic rings. The van der Waals surface area contributed by atoms with Crippen LogP contribution < -0.4 is 9.64 Å². The lowest BCUT2D eigenvalue weighted by Crippen LogP contribution is -2.12. The average molecular weight is 206 g/mol. The normalized spacial score (nSPS) is 15.1. The largest absolute Gasteiger partial charge is 0.488 e. The summed E-state index contributed by atoms with van der Waals surface area (Å²) in [5, 5.41) is 0. The third-order valence-electron chi connectivity index (χ3n) is 2.56. The average Bonchev–Trinajstić information content (AvgIpc) is 3.01. The van der Waals surface area contributed by atoms with Crippen LogP contribution >= 0.6 is 0 Å². The molecule has 15 heavy (non-hydrogen) atoms. The zero-order valence-corrected chi connectivity index (χ0v) is 9.66. The maximum absolute atomic E-state index is 5.88. The Bertz CT molecular complexity index is 345. The van der Waals surface area contributed by atoms with E-state index in [1.807, 2.05) is 25.2 Å². The van der Waals surface area contributed by atoms with Crippen molar-refractivity contribution in [3.8, 4) is 5.75 Å². The molecule has 0 atom stereocenters. The molecular formula is C12H18N2O. The second-order valence-corrected chi connectivity index (χ2v) is 4.21. The topological polar surface area (TPSA) is 25.4 Å². The van der Waals surface area contributed by atoms with Crippen molar-refractivity contribution in [3.05, 3.63) is 18.0 Å². The number of pyridine rings is 1. The van der Waals surface area contributed by atoms with Crippen LogP contribution in [0.5, 0.6) is 5.75 Å². The maximum Gasteiger partial charge on any atom is 0.146 e. The highest BCUT2D eigenvalue weighted by molar-refractivity contribution is 5.56. The first-order valence-corrected chi connectivity index (χ1v) is 5.53. The minimum atomic E-state index is 0.441. The van der Waals surface area contributed by atoms with Crippen LogP contribution in [0.15, 0.2) is 12.3 Å². The van der Waals surface area contributed by atoms with E-state index in [1.54, 1.807) is 0 Å². The quantitative estimate of drug-likeness (QED) is 0.755. The van der Waals surface area contributed by atoms with Gasteiger partial charge >= 0.3 is 0 Å². The number of nitrogens with zero attached hydrogens (tertiary/aromatic N) is 2. The number of aromatic nitrogens is 1. The molecule has 1 aliphatic rings. The molecule has 0 aliphatic heterocycles. The van der Waals surface area contributed by atoms with Crippen molar-refractivity contribution < 1.29 is 4.74 Å². The molecule has 0 saturated heterocycles. The molecule has 82 valence electrons. The molecule has 1 fully saturated rings. The van der Waals surface area contributed by atoms with E-state index in [1.165, 1.54) is 12.8 Å². The van der Waals surface area contributed by atoms with Crippen LogP contribution in [-0.4, -0.2) is 25.2 Å². The van der Waals surface area contributed by atoms with Crippen molar-refractivity contribution in [2.45, 2.75) is 32.3 Å². The maximum atomic E-state index is 5.88. The lowest BCUT2D eigenvalue weighted by Gasteiger charge is -2.17. The summed E-state index contributed by atoms with van der Waals surface area (Å²) in [6, 6.07) is 2.06. The van der Waals surface area contributed by atoms with E-state index < -0.39 is 0 Å². The van der Waals surface area contributed by atoms with E-state index in [-0.39, 0.29) is 0 Å². The van der Waals surface area contributed by atoms with Crippen molar-refractivity contribution in [3.63, 3.8) is 0 Å². The lowest BCUT2D eigenvalue weighted by atomic mass is 10.2. The van der Waals surface area contributed by atoms with Gasteiger partial charge in [0.2, 0.25) is 0 Å². The van der Waals surface area contributed by atoms with E-state index in [2.05, 4.69) is 18.0 Å². The van der Waals surface area contributed by atoms with Crippen LogP contribution in [0.2, 0.25) is 0 Å². The van der Waals surface area contributed by atoms with Crippen LogP contribution in [0.25, 0.3) is 0 Å². The zero-order valence-electron chi connectivity index (χ0n) is 9.66. The summed E-state index contributed by atoms with van der Waals surface area (Å²) < 4.78 is 5.88. The Morgan fingerprint density at radius 3 is 2.73 bits per heavy atom. The zero-order chi connectivity index (χ0) is 10.8. The SMILES string of the molecule is CCc1cc(OC2CC2)c(N(C)C)cn1. The Hall–Kier alpha value is -1.25. The van der Waals surface area contributed by atoms with E-state index in [9.17, 15) is 0 Å². The van der Waals surface area contributed by atoms with Gasteiger partial charge in [-0.1, -0.05) is 6.92 Å². The highest BCUT2D eigenvalue weighted by atomic mass is 16.5. The fourth-order valence-corrected chi connectivity index (χ4v) is 1.46. The highest BCUT2D eigenvalue weighted by Gasteiger charge is 2.25. The second-order valence-electron chi connectivity index (χ2n) is 4.21. The number of aryl methyl sites for hydroxylation is 1. The molecular weight excluding hydrogens is 188 g/mol. The Morgan fingerprint density at radius 1 is 1.47 bits per heavy atom. The molecule has 0 N–H and O–H groups in total. The van der Waals surface area contributed by atoms with Gasteiger partial charge in [-0.15, -0.1) is 0 Å². The van der Waals surface area contributed by atoms with Crippen LogP contribution in [0, 0.1) is 0 Å². The van der Waals surface area contributed by atoms with Gasteiger partial charge in [0.1, 0.15) is 5.75 Å². The molecule has 1 heterocycles. The van der Waals surface area contributed by atoms with Gasteiger partial charge in [-0.3, -0.25) is 4.98 Å². The molecule has 3 heteroatoms. The third kappa shape index (κ3) is 2.41.